The lowest BCUT2D eigenvalue weighted by Gasteiger charge is -2.09. The Hall–Kier alpha value is -2.09. The molecule has 0 aromatic heterocycles. The summed E-state index contributed by atoms with van der Waals surface area (Å²) < 4.78 is 0. The molecule has 0 saturated carbocycles. The molecule has 2 aromatic carbocycles. The van der Waals surface area contributed by atoms with Crippen molar-refractivity contribution in [2.45, 2.75) is 26.2 Å². The van der Waals surface area contributed by atoms with Crippen molar-refractivity contribution in [1.82, 2.24) is 0 Å². The maximum Gasteiger partial charge on any atom is 0.303 e. The van der Waals surface area contributed by atoms with Crippen LogP contribution in [-0.2, 0) is 11.2 Å². The average Bonchev–Trinajstić information content (AvgIpc) is 2.40. The lowest BCUT2D eigenvalue weighted by atomic mass is 9.96. The molecule has 0 heterocycles. The number of aryl methyl sites for hydroxylation is 2. The van der Waals surface area contributed by atoms with E-state index in [0.717, 1.165) is 6.42 Å². The van der Waals surface area contributed by atoms with Crippen molar-refractivity contribution < 1.29 is 9.90 Å². The minimum absolute atomic E-state index is 0.224. The molecular formula is C17H18O2. The Morgan fingerprint density at radius 3 is 2.42 bits per heavy atom. The third-order valence-electron chi connectivity index (χ3n) is 3.22. The number of benzene rings is 2. The molecule has 19 heavy (non-hydrogen) atoms. The first-order valence-corrected chi connectivity index (χ1v) is 6.53. The van der Waals surface area contributed by atoms with E-state index in [4.69, 9.17) is 5.11 Å². The van der Waals surface area contributed by atoms with Crippen LogP contribution in [0.1, 0.15) is 24.0 Å². The van der Waals surface area contributed by atoms with E-state index in [0.29, 0.717) is 6.42 Å². The largest absolute Gasteiger partial charge is 0.481 e. The van der Waals surface area contributed by atoms with E-state index in [1.54, 1.807) is 0 Å². The number of carboxylic acid groups (broad SMARTS) is 1. The van der Waals surface area contributed by atoms with Crippen LogP contribution in [0.15, 0.2) is 48.5 Å². The maximum absolute atomic E-state index is 10.6. The summed E-state index contributed by atoms with van der Waals surface area (Å²) >= 11 is 0. The summed E-state index contributed by atoms with van der Waals surface area (Å²) in [6, 6.07) is 16.6. The molecule has 0 amide bonds. The summed E-state index contributed by atoms with van der Waals surface area (Å²) in [5.41, 5.74) is 4.85. The van der Waals surface area contributed by atoms with Crippen molar-refractivity contribution in [1.29, 1.82) is 0 Å². The lowest BCUT2D eigenvalue weighted by molar-refractivity contribution is -0.137. The minimum atomic E-state index is -0.729. The fourth-order valence-electron chi connectivity index (χ4n) is 2.18. The van der Waals surface area contributed by atoms with Crippen LogP contribution in [0.3, 0.4) is 0 Å². The molecule has 0 radical (unpaired) electrons. The third kappa shape index (κ3) is 3.68. The molecule has 2 aromatic rings. The first kappa shape index (κ1) is 13.3. The molecule has 0 saturated heterocycles. The highest BCUT2D eigenvalue weighted by molar-refractivity contribution is 5.68. The highest BCUT2D eigenvalue weighted by Crippen LogP contribution is 2.25. The second kappa shape index (κ2) is 6.19. The van der Waals surface area contributed by atoms with Gasteiger partial charge in [-0.2, -0.15) is 0 Å². The van der Waals surface area contributed by atoms with Gasteiger partial charge in [-0.1, -0.05) is 54.1 Å². The van der Waals surface area contributed by atoms with Gasteiger partial charge in [0.15, 0.2) is 0 Å². The average molecular weight is 254 g/mol. The van der Waals surface area contributed by atoms with E-state index in [1.165, 1.54) is 22.3 Å². The number of aliphatic carboxylic acids is 1. The van der Waals surface area contributed by atoms with Gasteiger partial charge in [-0.25, -0.2) is 0 Å². The van der Waals surface area contributed by atoms with E-state index >= 15 is 0 Å². The van der Waals surface area contributed by atoms with Crippen molar-refractivity contribution in [2.24, 2.45) is 0 Å². The molecule has 0 aliphatic carbocycles. The molecule has 2 rings (SSSR count). The van der Waals surface area contributed by atoms with Gasteiger partial charge in [-0.15, -0.1) is 0 Å². The first-order valence-electron chi connectivity index (χ1n) is 6.53. The standard InChI is InChI=1S/C17H18O2/c1-13-9-11-15(12-10-13)16-7-3-2-5-14(16)6-4-8-17(18)19/h2-3,5,7,9-12H,4,6,8H2,1H3,(H,18,19). The summed E-state index contributed by atoms with van der Waals surface area (Å²) in [4.78, 5) is 10.6. The van der Waals surface area contributed by atoms with E-state index in [-0.39, 0.29) is 6.42 Å². The molecule has 0 fully saturated rings. The van der Waals surface area contributed by atoms with Gasteiger partial charge in [0.05, 0.1) is 0 Å². The molecular weight excluding hydrogens is 236 g/mol. The first-order chi connectivity index (χ1) is 9.16. The van der Waals surface area contributed by atoms with Crippen molar-refractivity contribution in [3.63, 3.8) is 0 Å². The molecule has 0 unspecified atom stereocenters. The number of rotatable bonds is 5. The molecule has 98 valence electrons. The van der Waals surface area contributed by atoms with E-state index in [2.05, 4.69) is 43.3 Å². The molecule has 0 aliphatic heterocycles. The second-order valence-corrected chi connectivity index (χ2v) is 4.77. The van der Waals surface area contributed by atoms with Crippen LogP contribution in [0, 0.1) is 6.92 Å². The van der Waals surface area contributed by atoms with E-state index < -0.39 is 5.97 Å². The van der Waals surface area contributed by atoms with Crippen LogP contribution < -0.4 is 0 Å². The van der Waals surface area contributed by atoms with Crippen LogP contribution in [-0.4, -0.2) is 11.1 Å². The van der Waals surface area contributed by atoms with Crippen LogP contribution in [0.25, 0.3) is 11.1 Å². The zero-order valence-electron chi connectivity index (χ0n) is 11.1. The fraction of sp³-hybridized carbons (Fsp3) is 0.235. The van der Waals surface area contributed by atoms with E-state index in [9.17, 15) is 4.79 Å². The third-order valence-corrected chi connectivity index (χ3v) is 3.22. The summed E-state index contributed by atoms with van der Waals surface area (Å²) in [5, 5.41) is 8.71. The molecule has 0 spiro atoms. The lowest BCUT2D eigenvalue weighted by Crippen LogP contribution is -1.97. The number of carbonyl (C=O) groups is 1. The summed E-state index contributed by atoms with van der Waals surface area (Å²) in [7, 11) is 0. The van der Waals surface area contributed by atoms with E-state index in [1.807, 2.05) is 12.1 Å². The zero-order valence-corrected chi connectivity index (χ0v) is 11.1. The van der Waals surface area contributed by atoms with Crippen molar-refractivity contribution in [2.75, 3.05) is 0 Å². The normalized spacial score (nSPS) is 10.4. The Kier molecular flexibility index (Phi) is 4.35. The highest BCUT2D eigenvalue weighted by Gasteiger charge is 2.05. The highest BCUT2D eigenvalue weighted by atomic mass is 16.4. The van der Waals surface area contributed by atoms with Gasteiger partial charge in [0.2, 0.25) is 0 Å². The molecule has 2 heteroatoms. The van der Waals surface area contributed by atoms with Crippen LogP contribution >= 0.6 is 0 Å². The summed E-state index contributed by atoms with van der Waals surface area (Å²) in [6.07, 6.45) is 1.71. The van der Waals surface area contributed by atoms with Gasteiger partial charge in [-0.05, 0) is 36.5 Å². The quantitative estimate of drug-likeness (QED) is 0.873. The van der Waals surface area contributed by atoms with Gasteiger partial charge < -0.3 is 5.11 Å². The van der Waals surface area contributed by atoms with Crippen LogP contribution in [0.4, 0.5) is 0 Å². The molecule has 0 bridgehead atoms. The molecule has 0 aliphatic rings. The molecule has 0 atom stereocenters. The summed E-state index contributed by atoms with van der Waals surface area (Å²) in [6.45, 7) is 2.07. The summed E-state index contributed by atoms with van der Waals surface area (Å²) in [5.74, 6) is -0.729. The van der Waals surface area contributed by atoms with Crippen molar-refractivity contribution >= 4 is 5.97 Å². The number of hydrogen-bond acceptors (Lipinski definition) is 1. The van der Waals surface area contributed by atoms with Gasteiger partial charge in [0, 0.05) is 6.42 Å². The Morgan fingerprint density at radius 2 is 1.74 bits per heavy atom. The topological polar surface area (TPSA) is 37.3 Å². The number of carboxylic acids is 1. The van der Waals surface area contributed by atoms with Gasteiger partial charge in [-0.3, -0.25) is 4.79 Å². The minimum Gasteiger partial charge on any atom is -0.481 e. The Balaban J connectivity index is 2.20. The van der Waals surface area contributed by atoms with Crippen molar-refractivity contribution in [3.8, 4) is 11.1 Å². The van der Waals surface area contributed by atoms with Gasteiger partial charge in [0.1, 0.15) is 0 Å². The van der Waals surface area contributed by atoms with Gasteiger partial charge >= 0.3 is 5.97 Å². The number of hydrogen-bond donors (Lipinski definition) is 1. The zero-order chi connectivity index (χ0) is 13.7. The Bertz CT molecular complexity index is 556. The SMILES string of the molecule is Cc1ccc(-c2ccccc2CCCC(=O)O)cc1. The smallest absolute Gasteiger partial charge is 0.303 e. The fourth-order valence-corrected chi connectivity index (χ4v) is 2.18. The monoisotopic (exact) mass is 254 g/mol. The van der Waals surface area contributed by atoms with Gasteiger partial charge in [0.25, 0.3) is 0 Å². The van der Waals surface area contributed by atoms with Crippen LogP contribution in [0.5, 0.6) is 0 Å². The van der Waals surface area contributed by atoms with Crippen molar-refractivity contribution in [3.05, 3.63) is 59.7 Å². The Morgan fingerprint density at radius 1 is 1.05 bits per heavy atom. The molecule has 1 N–H and O–H groups in total. The second-order valence-electron chi connectivity index (χ2n) is 4.77. The predicted octanol–water partition coefficient (Wildman–Crippen LogP) is 4.07. The Labute approximate surface area is 113 Å². The predicted molar refractivity (Wildman–Crippen MR) is 77.2 cm³/mol. The van der Waals surface area contributed by atoms with Crippen LogP contribution in [0.2, 0.25) is 0 Å². The molecule has 2 nitrogen and oxygen atoms in total. The maximum atomic E-state index is 10.6.